The molecule has 5 heteroatoms. The van der Waals surface area contributed by atoms with Gasteiger partial charge in [0.15, 0.2) is 0 Å². The summed E-state index contributed by atoms with van der Waals surface area (Å²) in [5.41, 5.74) is 0.206. The van der Waals surface area contributed by atoms with Crippen LogP contribution in [0.1, 0.15) is 25.8 Å². The summed E-state index contributed by atoms with van der Waals surface area (Å²) in [4.78, 5) is 12.1. The average molecular weight is 296 g/mol. The van der Waals surface area contributed by atoms with Gasteiger partial charge in [-0.3, -0.25) is 4.79 Å². The first-order chi connectivity index (χ1) is 9.47. The van der Waals surface area contributed by atoms with Gasteiger partial charge in [-0.15, -0.1) is 0 Å². The van der Waals surface area contributed by atoms with Gasteiger partial charge < -0.3 is 10.6 Å². The maximum Gasteiger partial charge on any atom is 0.222 e. The normalized spacial score (nSPS) is 19.6. The van der Waals surface area contributed by atoms with E-state index in [1.807, 2.05) is 31.7 Å². The molecule has 20 heavy (non-hydrogen) atoms. The van der Waals surface area contributed by atoms with E-state index in [0.29, 0.717) is 6.42 Å². The van der Waals surface area contributed by atoms with Crippen LogP contribution in [0.15, 0.2) is 24.3 Å². The van der Waals surface area contributed by atoms with E-state index >= 15 is 0 Å². The smallest absolute Gasteiger partial charge is 0.222 e. The zero-order valence-corrected chi connectivity index (χ0v) is 12.7. The number of hydrogen-bond donors (Lipinski definition) is 2. The fourth-order valence-corrected chi connectivity index (χ4v) is 3.27. The van der Waals surface area contributed by atoms with Crippen LogP contribution in [0.2, 0.25) is 0 Å². The lowest BCUT2D eigenvalue weighted by molar-refractivity contribution is -0.123. The number of carbonyl (C=O) groups is 1. The van der Waals surface area contributed by atoms with Crippen LogP contribution < -0.4 is 10.6 Å². The van der Waals surface area contributed by atoms with E-state index in [9.17, 15) is 9.18 Å². The van der Waals surface area contributed by atoms with E-state index in [2.05, 4.69) is 10.6 Å². The van der Waals surface area contributed by atoms with Gasteiger partial charge in [-0.2, -0.15) is 11.8 Å². The molecule has 1 aliphatic heterocycles. The number of thioether (sulfide) groups is 1. The van der Waals surface area contributed by atoms with Gasteiger partial charge in [-0.05, 0) is 31.5 Å². The van der Waals surface area contributed by atoms with Crippen molar-refractivity contribution in [3.63, 3.8) is 0 Å². The van der Waals surface area contributed by atoms with Gasteiger partial charge in [-0.25, -0.2) is 4.39 Å². The molecule has 1 amide bonds. The summed E-state index contributed by atoms with van der Waals surface area (Å²) in [5, 5.41) is 6.34. The highest BCUT2D eigenvalue weighted by atomic mass is 32.2. The summed E-state index contributed by atoms with van der Waals surface area (Å²) in [6.45, 7) is 4.74. The number of amides is 1. The number of nitrogens with one attached hydrogen (secondary N) is 2. The summed E-state index contributed by atoms with van der Waals surface area (Å²) >= 11 is 1.87. The Labute approximate surface area is 123 Å². The van der Waals surface area contributed by atoms with Gasteiger partial charge in [-0.1, -0.05) is 12.1 Å². The maximum atomic E-state index is 13.3. The van der Waals surface area contributed by atoms with Crippen LogP contribution in [0.3, 0.4) is 0 Å². The lowest BCUT2D eigenvalue weighted by Crippen LogP contribution is -2.46. The zero-order chi connectivity index (χ0) is 14.6. The second-order valence-electron chi connectivity index (χ2n) is 5.61. The minimum absolute atomic E-state index is 0.000684. The van der Waals surface area contributed by atoms with Crippen LogP contribution >= 0.6 is 11.8 Å². The number of benzene rings is 1. The highest BCUT2D eigenvalue weighted by Crippen LogP contribution is 2.21. The van der Waals surface area contributed by atoms with E-state index in [1.54, 1.807) is 6.07 Å². The zero-order valence-electron chi connectivity index (χ0n) is 11.9. The van der Waals surface area contributed by atoms with Crippen LogP contribution in [0, 0.1) is 5.82 Å². The molecular weight excluding hydrogens is 275 g/mol. The van der Waals surface area contributed by atoms with Gasteiger partial charge >= 0.3 is 0 Å². The van der Waals surface area contributed by atoms with Crippen molar-refractivity contribution in [1.82, 2.24) is 10.6 Å². The van der Waals surface area contributed by atoms with Crippen LogP contribution in [0.4, 0.5) is 4.39 Å². The first kappa shape index (κ1) is 15.3. The standard InChI is InChI=1S/C15H21FN2OS/c1-15(2,11-4-3-5-12(16)8-11)18-14(19)9-13-10-20-7-6-17-13/h3-5,8,13,17H,6-7,9-10H2,1-2H3,(H,18,19). The lowest BCUT2D eigenvalue weighted by atomic mass is 9.94. The van der Waals surface area contributed by atoms with Crippen molar-refractivity contribution >= 4 is 17.7 Å². The second kappa shape index (κ2) is 6.59. The van der Waals surface area contributed by atoms with Crippen molar-refractivity contribution in [3.8, 4) is 0 Å². The molecule has 1 aromatic carbocycles. The van der Waals surface area contributed by atoms with Gasteiger partial charge in [0.05, 0.1) is 5.54 Å². The number of halogens is 1. The van der Waals surface area contributed by atoms with E-state index in [4.69, 9.17) is 0 Å². The summed E-state index contributed by atoms with van der Waals surface area (Å²) in [6.07, 6.45) is 0.464. The van der Waals surface area contributed by atoms with Gasteiger partial charge in [0.1, 0.15) is 5.82 Å². The van der Waals surface area contributed by atoms with E-state index in [0.717, 1.165) is 23.6 Å². The Bertz CT molecular complexity index is 473. The van der Waals surface area contributed by atoms with Crippen LogP contribution in [-0.4, -0.2) is 30.0 Å². The number of hydrogen-bond acceptors (Lipinski definition) is 3. The third kappa shape index (κ3) is 4.21. The number of carbonyl (C=O) groups excluding carboxylic acids is 1. The molecule has 2 N–H and O–H groups in total. The third-order valence-corrected chi connectivity index (χ3v) is 4.56. The van der Waals surface area contributed by atoms with E-state index < -0.39 is 5.54 Å². The third-order valence-electron chi connectivity index (χ3n) is 3.43. The van der Waals surface area contributed by atoms with Gasteiger partial charge in [0, 0.05) is 30.5 Å². The maximum absolute atomic E-state index is 13.3. The van der Waals surface area contributed by atoms with Gasteiger partial charge in [0.25, 0.3) is 0 Å². The summed E-state index contributed by atoms with van der Waals surface area (Å²) in [6, 6.07) is 6.60. The van der Waals surface area contributed by atoms with E-state index in [1.165, 1.54) is 12.1 Å². The Hall–Kier alpha value is -1.07. The van der Waals surface area contributed by atoms with Crippen molar-refractivity contribution in [2.75, 3.05) is 18.1 Å². The molecular formula is C15H21FN2OS. The lowest BCUT2D eigenvalue weighted by Gasteiger charge is -2.29. The molecule has 2 rings (SSSR count). The molecule has 110 valence electrons. The Balaban J connectivity index is 1.94. The fourth-order valence-electron chi connectivity index (χ4n) is 2.32. The molecule has 1 aromatic rings. The minimum atomic E-state index is -0.568. The summed E-state index contributed by atoms with van der Waals surface area (Å²) < 4.78 is 13.3. The highest BCUT2D eigenvalue weighted by molar-refractivity contribution is 7.99. The monoisotopic (exact) mass is 296 g/mol. The molecule has 1 unspecified atom stereocenters. The molecule has 0 saturated carbocycles. The van der Waals surface area contributed by atoms with Gasteiger partial charge in [0.2, 0.25) is 5.91 Å². The predicted octanol–water partition coefficient (Wildman–Crippen LogP) is 2.27. The minimum Gasteiger partial charge on any atom is -0.347 e. The fraction of sp³-hybridized carbons (Fsp3) is 0.533. The average Bonchev–Trinajstić information content (AvgIpc) is 2.39. The molecule has 1 aliphatic rings. The first-order valence-corrected chi connectivity index (χ1v) is 8.01. The van der Waals surface area contributed by atoms with E-state index in [-0.39, 0.29) is 17.8 Å². The molecule has 0 bridgehead atoms. The summed E-state index contributed by atoms with van der Waals surface area (Å²) in [7, 11) is 0. The van der Waals surface area contributed by atoms with Crippen LogP contribution in [-0.2, 0) is 10.3 Å². The second-order valence-corrected chi connectivity index (χ2v) is 6.76. The molecule has 0 aromatic heterocycles. The molecule has 1 fully saturated rings. The highest BCUT2D eigenvalue weighted by Gasteiger charge is 2.25. The Morgan fingerprint density at radius 3 is 3.00 bits per heavy atom. The van der Waals surface area contributed by atoms with Crippen molar-refractivity contribution in [2.24, 2.45) is 0 Å². The molecule has 1 atom stereocenters. The molecule has 0 aliphatic carbocycles. The van der Waals surface area contributed by atoms with Crippen molar-refractivity contribution < 1.29 is 9.18 Å². The quantitative estimate of drug-likeness (QED) is 0.895. The first-order valence-electron chi connectivity index (χ1n) is 6.85. The summed E-state index contributed by atoms with van der Waals surface area (Å²) in [5.74, 6) is 1.79. The molecule has 1 heterocycles. The molecule has 0 radical (unpaired) electrons. The predicted molar refractivity (Wildman–Crippen MR) is 81.3 cm³/mol. The topological polar surface area (TPSA) is 41.1 Å². The van der Waals surface area contributed by atoms with Crippen molar-refractivity contribution in [2.45, 2.75) is 31.8 Å². The number of rotatable bonds is 4. The van der Waals surface area contributed by atoms with Crippen LogP contribution in [0.5, 0.6) is 0 Å². The Morgan fingerprint density at radius 2 is 2.35 bits per heavy atom. The molecule has 0 spiro atoms. The van der Waals surface area contributed by atoms with Crippen LogP contribution in [0.25, 0.3) is 0 Å². The SMILES string of the molecule is CC(C)(NC(=O)CC1CSCCN1)c1cccc(F)c1. The van der Waals surface area contributed by atoms with Crippen molar-refractivity contribution in [3.05, 3.63) is 35.6 Å². The van der Waals surface area contributed by atoms with Crippen molar-refractivity contribution in [1.29, 1.82) is 0 Å². The Kier molecular flexibility index (Phi) is 5.05. The molecule has 3 nitrogen and oxygen atoms in total. The molecule has 1 saturated heterocycles. The Morgan fingerprint density at radius 1 is 1.55 bits per heavy atom. The largest absolute Gasteiger partial charge is 0.347 e.